The Hall–Kier alpha value is -3.00. The van der Waals surface area contributed by atoms with Crippen LogP contribution in [0.2, 0.25) is 0 Å². The zero-order chi connectivity index (χ0) is 16.9. The molecule has 1 unspecified atom stereocenters. The smallest absolute Gasteiger partial charge is 0.325 e. The number of urea groups is 1. The summed E-state index contributed by atoms with van der Waals surface area (Å²) in [4.78, 5) is 24.8. The van der Waals surface area contributed by atoms with E-state index >= 15 is 0 Å². The SMILES string of the molecule is C#CCN1C(=O)NC(=O)C1[CH]Cc1coc(Cc2ccccc2)c1. The summed E-state index contributed by atoms with van der Waals surface area (Å²) in [7, 11) is 0. The number of carbonyl (C=O) groups is 2. The molecule has 1 atom stereocenters. The molecule has 1 aromatic heterocycles. The number of benzene rings is 1. The molecule has 0 saturated carbocycles. The predicted octanol–water partition coefficient (Wildman–Crippen LogP) is 2.17. The van der Waals surface area contributed by atoms with Crippen molar-refractivity contribution in [3.8, 4) is 12.3 Å². The first-order valence-electron chi connectivity index (χ1n) is 7.66. The van der Waals surface area contributed by atoms with Gasteiger partial charge in [0.1, 0.15) is 11.8 Å². The van der Waals surface area contributed by atoms with Crippen LogP contribution in [-0.4, -0.2) is 29.4 Å². The molecule has 0 aliphatic carbocycles. The number of terminal acetylenes is 1. The molecule has 3 rings (SSSR count). The van der Waals surface area contributed by atoms with E-state index < -0.39 is 12.1 Å². The fraction of sp³-hybridized carbons (Fsp3) is 0.211. The lowest BCUT2D eigenvalue weighted by atomic mass is 10.1. The first-order chi connectivity index (χ1) is 11.7. The number of furan rings is 1. The van der Waals surface area contributed by atoms with Crippen LogP contribution < -0.4 is 5.32 Å². The van der Waals surface area contributed by atoms with Crippen LogP contribution in [-0.2, 0) is 17.6 Å². The Kier molecular flexibility index (Phi) is 4.66. The summed E-state index contributed by atoms with van der Waals surface area (Å²) < 4.78 is 5.57. The van der Waals surface area contributed by atoms with E-state index in [1.165, 1.54) is 10.5 Å². The highest BCUT2D eigenvalue weighted by Crippen LogP contribution is 2.18. The molecule has 0 spiro atoms. The van der Waals surface area contributed by atoms with E-state index in [1.54, 1.807) is 12.7 Å². The van der Waals surface area contributed by atoms with Gasteiger partial charge in [-0.15, -0.1) is 6.42 Å². The number of imide groups is 1. The molecule has 5 nitrogen and oxygen atoms in total. The van der Waals surface area contributed by atoms with Gasteiger partial charge in [-0.25, -0.2) is 4.79 Å². The Bertz CT molecular complexity index is 773. The third-order valence-corrected chi connectivity index (χ3v) is 3.86. The summed E-state index contributed by atoms with van der Waals surface area (Å²) in [5.41, 5.74) is 2.12. The van der Waals surface area contributed by atoms with Gasteiger partial charge < -0.3 is 9.32 Å². The summed E-state index contributed by atoms with van der Waals surface area (Å²) in [6.45, 7) is 0.101. The topological polar surface area (TPSA) is 62.6 Å². The fourth-order valence-corrected chi connectivity index (χ4v) is 2.69. The third kappa shape index (κ3) is 3.49. The second-order valence-corrected chi connectivity index (χ2v) is 5.59. The fourth-order valence-electron chi connectivity index (χ4n) is 2.69. The Labute approximate surface area is 140 Å². The van der Waals surface area contributed by atoms with Gasteiger partial charge in [0, 0.05) is 6.42 Å². The van der Waals surface area contributed by atoms with E-state index in [2.05, 4.69) is 11.2 Å². The maximum absolute atomic E-state index is 11.8. The minimum atomic E-state index is -0.638. The monoisotopic (exact) mass is 321 g/mol. The van der Waals surface area contributed by atoms with Crippen molar-refractivity contribution in [1.82, 2.24) is 10.2 Å². The number of hydrogen-bond donors (Lipinski definition) is 1. The van der Waals surface area contributed by atoms with Crippen molar-refractivity contribution in [1.29, 1.82) is 0 Å². The lowest BCUT2D eigenvalue weighted by molar-refractivity contribution is -0.120. The molecule has 1 saturated heterocycles. The van der Waals surface area contributed by atoms with Gasteiger partial charge in [-0.3, -0.25) is 10.1 Å². The van der Waals surface area contributed by atoms with Gasteiger partial charge >= 0.3 is 6.03 Å². The summed E-state index contributed by atoms with van der Waals surface area (Å²) in [5.74, 6) is 2.91. The van der Waals surface area contributed by atoms with Crippen LogP contribution in [0.1, 0.15) is 16.9 Å². The third-order valence-electron chi connectivity index (χ3n) is 3.86. The number of nitrogens with zero attached hydrogens (tertiary/aromatic N) is 1. The zero-order valence-electron chi connectivity index (χ0n) is 13.1. The molecule has 1 N–H and O–H groups in total. The lowest BCUT2D eigenvalue weighted by Gasteiger charge is -2.18. The molecule has 2 heterocycles. The maximum atomic E-state index is 11.8. The first-order valence-corrected chi connectivity index (χ1v) is 7.66. The highest BCUT2D eigenvalue weighted by Gasteiger charge is 2.37. The van der Waals surface area contributed by atoms with Crippen molar-refractivity contribution < 1.29 is 14.0 Å². The van der Waals surface area contributed by atoms with Gasteiger partial charge in [-0.2, -0.15) is 0 Å². The van der Waals surface area contributed by atoms with Crippen LogP contribution in [0.3, 0.4) is 0 Å². The van der Waals surface area contributed by atoms with Crippen LogP contribution >= 0.6 is 0 Å². The largest absolute Gasteiger partial charge is 0.469 e. The van der Waals surface area contributed by atoms with Crippen LogP contribution in [0.5, 0.6) is 0 Å². The van der Waals surface area contributed by atoms with Gasteiger partial charge in [0.05, 0.1) is 12.8 Å². The Balaban J connectivity index is 1.60. The summed E-state index contributed by atoms with van der Waals surface area (Å²) >= 11 is 0. The van der Waals surface area contributed by atoms with Crippen molar-refractivity contribution in [2.24, 2.45) is 0 Å². The van der Waals surface area contributed by atoms with E-state index in [0.29, 0.717) is 12.8 Å². The van der Waals surface area contributed by atoms with E-state index in [4.69, 9.17) is 10.8 Å². The van der Waals surface area contributed by atoms with Gasteiger partial charge in [0.2, 0.25) is 0 Å². The Morgan fingerprint density at radius 1 is 1.25 bits per heavy atom. The molecule has 0 bridgehead atoms. The van der Waals surface area contributed by atoms with Crippen LogP contribution in [0, 0.1) is 18.8 Å². The summed E-state index contributed by atoms with van der Waals surface area (Å²) in [5, 5.41) is 2.27. The van der Waals surface area contributed by atoms with Crippen molar-refractivity contribution in [2.75, 3.05) is 6.54 Å². The number of carbonyl (C=O) groups excluding carboxylic acids is 2. The highest BCUT2D eigenvalue weighted by molar-refractivity contribution is 6.05. The second kappa shape index (κ2) is 7.05. The number of amides is 3. The summed E-state index contributed by atoms with van der Waals surface area (Å²) in [6.07, 6.45) is 9.93. The zero-order valence-corrected chi connectivity index (χ0v) is 13.1. The normalized spacial score (nSPS) is 17.0. The number of hydrogen-bond acceptors (Lipinski definition) is 3. The Morgan fingerprint density at radius 2 is 2.04 bits per heavy atom. The second-order valence-electron chi connectivity index (χ2n) is 5.59. The van der Waals surface area contributed by atoms with E-state index in [-0.39, 0.29) is 12.5 Å². The predicted molar refractivity (Wildman–Crippen MR) is 88.8 cm³/mol. The highest BCUT2D eigenvalue weighted by atomic mass is 16.3. The first kappa shape index (κ1) is 15.9. The standard InChI is InChI=1S/C19H17N2O3/c1-2-10-21-17(18(22)20-19(21)23)9-8-15-12-16(24-13-15)11-14-6-4-3-5-7-14/h1,3-7,9,12-13,17H,8,10-11H2,(H,20,22,23). The molecular formula is C19H17N2O3. The number of nitrogens with one attached hydrogen (secondary N) is 1. The molecule has 1 fully saturated rings. The molecule has 121 valence electrons. The van der Waals surface area contributed by atoms with E-state index in [1.807, 2.05) is 36.4 Å². The summed E-state index contributed by atoms with van der Waals surface area (Å²) in [6, 6.07) is 10.9. The molecule has 3 amide bonds. The molecule has 1 aromatic carbocycles. The molecule has 1 radical (unpaired) electrons. The van der Waals surface area contributed by atoms with Crippen LogP contribution in [0.4, 0.5) is 4.79 Å². The average molecular weight is 321 g/mol. The lowest BCUT2D eigenvalue weighted by Crippen LogP contribution is -2.36. The maximum Gasteiger partial charge on any atom is 0.325 e. The van der Waals surface area contributed by atoms with E-state index in [9.17, 15) is 9.59 Å². The molecule has 2 aromatic rings. The molecule has 24 heavy (non-hydrogen) atoms. The molecule has 5 heteroatoms. The molecular weight excluding hydrogens is 304 g/mol. The van der Waals surface area contributed by atoms with Crippen molar-refractivity contribution >= 4 is 11.9 Å². The van der Waals surface area contributed by atoms with E-state index in [0.717, 1.165) is 11.3 Å². The van der Waals surface area contributed by atoms with Crippen molar-refractivity contribution in [3.63, 3.8) is 0 Å². The van der Waals surface area contributed by atoms with Gasteiger partial charge in [-0.05, 0) is 30.0 Å². The molecule has 1 aliphatic heterocycles. The van der Waals surface area contributed by atoms with Crippen LogP contribution in [0.15, 0.2) is 47.1 Å². The van der Waals surface area contributed by atoms with Gasteiger partial charge in [0.25, 0.3) is 5.91 Å². The number of rotatable bonds is 6. The van der Waals surface area contributed by atoms with Crippen molar-refractivity contribution in [3.05, 3.63) is 66.0 Å². The van der Waals surface area contributed by atoms with Crippen LogP contribution in [0.25, 0.3) is 0 Å². The van der Waals surface area contributed by atoms with Gasteiger partial charge in [0.15, 0.2) is 0 Å². The Morgan fingerprint density at radius 3 is 2.79 bits per heavy atom. The van der Waals surface area contributed by atoms with Crippen molar-refractivity contribution in [2.45, 2.75) is 18.9 Å². The quantitative estimate of drug-likeness (QED) is 0.655. The van der Waals surface area contributed by atoms with Gasteiger partial charge in [-0.1, -0.05) is 36.3 Å². The minimum absolute atomic E-state index is 0.101. The minimum Gasteiger partial charge on any atom is -0.469 e. The molecule has 1 aliphatic rings. The average Bonchev–Trinajstić information content (AvgIpc) is 3.12.